The minimum atomic E-state index is -0.267. The molecular formula is C13H24N2O2. The Morgan fingerprint density at radius 1 is 1.29 bits per heavy atom. The third-order valence-electron chi connectivity index (χ3n) is 4.11. The zero-order valence-corrected chi connectivity index (χ0v) is 10.9. The van der Waals surface area contributed by atoms with E-state index in [9.17, 15) is 4.79 Å². The average Bonchev–Trinajstić information content (AvgIpc) is 2.76. The third kappa shape index (κ3) is 2.47. The van der Waals surface area contributed by atoms with E-state index < -0.39 is 0 Å². The molecule has 2 N–H and O–H groups in total. The number of morpholine rings is 1. The molecule has 2 aliphatic rings. The van der Waals surface area contributed by atoms with Crippen molar-refractivity contribution < 1.29 is 9.53 Å². The Balaban J connectivity index is 2.08. The number of rotatable bonds is 2. The van der Waals surface area contributed by atoms with E-state index in [1.54, 1.807) is 0 Å². The lowest BCUT2D eigenvalue weighted by Crippen LogP contribution is -2.54. The molecule has 4 nitrogen and oxygen atoms in total. The van der Waals surface area contributed by atoms with Gasteiger partial charge < -0.3 is 15.4 Å². The van der Waals surface area contributed by atoms with Gasteiger partial charge in [0.25, 0.3) is 0 Å². The van der Waals surface area contributed by atoms with Crippen LogP contribution in [0.25, 0.3) is 0 Å². The monoisotopic (exact) mass is 240 g/mol. The van der Waals surface area contributed by atoms with Gasteiger partial charge in [0.15, 0.2) is 0 Å². The molecule has 0 aromatic heterocycles. The highest BCUT2D eigenvalue weighted by molar-refractivity contribution is 5.83. The van der Waals surface area contributed by atoms with E-state index in [-0.39, 0.29) is 23.5 Å². The zero-order valence-electron chi connectivity index (χ0n) is 10.9. The SMILES string of the molecule is C[C@@H]1CN(C(=O)C2(CN)CCCC2)C[C@H](C)O1. The fourth-order valence-corrected chi connectivity index (χ4v) is 3.24. The molecule has 0 spiro atoms. The molecular weight excluding hydrogens is 216 g/mol. The zero-order chi connectivity index (χ0) is 12.5. The van der Waals surface area contributed by atoms with Gasteiger partial charge in [0, 0.05) is 19.6 Å². The average molecular weight is 240 g/mol. The number of hydrogen-bond donors (Lipinski definition) is 1. The second-order valence-electron chi connectivity index (χ2n) is 5.66. The molecule has 0 bridgehead atoms. The number of ether oxygens (including phenoxy) is 1. The molecule has 1 saturated carbocycles. The number of hydrogen-bond acceptors (Lipinski definition) is 3. The predicted octanol–water partition coefficient (Wildman–Crippen LogP) is 1.14. The lowest BCUT2D eigenvalue weighted by molar-refractivity contribution is -0.153. The fourth-order valence-electron chi connectivity index (χ4n) is 3.24. The van der Waals surface area contributed by atoms with Crippen LogP contribution in [0.5, 0.6) is 0 Å². The van der Waals surface area contributed by atoms with Crippen molar-refractivity contribution in [1.29, 1.82) is 0 Å². The maximum absolute atomic E-state index is 12.6. The molecule has 1 heterocycles. The van der Waals surface area contributed by atoms with E-state index in [0.717, 1.165) is 25.7 Å². The van der Waals surface area contributed by atoms with Gasteiger partial charge in [0.05, 0.1) is 17.6 Å². The molecule has 1 aliphatic heterocycles. The topological polar surface area (TPSA) is 55.6 Å². The number of amides is 1. The summed E-state index contributed by atoms with van der Waals surface area (Å²) in [5.74, 6) is 0.263. The predicted molar refractivity (Wildman–Crippen MR) is 66.5 cm³/mol. The number of nitrogens with zero attached hydrogens (tertiary/aromatic N) is 1. The van der Waals surface area contributed by atoms with Crippen molar-refractivity contribution >= 4 is 5.91 Å². The summed E-state index contributed by atoms with van der Waals surface area (Å²) >= 11 is 0. The number of nitrogens with two attached hydrogens (primary N) is 1. The van der Waals surface area contributed by atoms with Crippen LogP contribution in [0.4, 0.5) is 0 Å². The first-order valence-electron chi connectivity index (χ1n) is 6.72. The Morgan fingerprint density at radius 3 is 2.29 bits per heavy atom. The highest BCUT2D eigenvalue weighted by Crippen LogP contribution is 2.39. The van der Waals surface area contributed by atoms with E-state index >= 15 is 0 Å². The molecule has 2 rings (SSSR count). The molecule has 2 fully saturated rings. The van der Waals surface area contributed by atoms with Crippen LogP contribution in [0.3, 0.4) is 0 Å². The quantitative estimate of drug-likeness (QED) is 0.787. The van der Waals surface area contributed by atoms with Crippen LogP contribution in [0, 0.1) is 5.41 Å². The second-order valence-corrected chi connectivity index (χ2v) is 5.66. The molecule has 0 aromatic rings. The smallest absolute Gasteiger partial charge is 0.230 e. The number of carbonyl (C=O) groups excluding carboxylic acids is 1. The van der Waals surface area contributed by atoms with Gasteiger partial charge in [0.2, 0.25) is 5.91 Å². The van der Waals surface area contributed by atoms with Crippen molar-refractivity contribution in [3.05, 3.63) is 0 Å². The van der Waals surface area contributed by atoms with Crippen molar-refractivity contribution in [2.45, 2.75) is 51.7 Å². The molecule has 0 radical (unpaired) electrons. The lowest BCUT2D eigenvalue weighted by Gasteiger charge is -2.40. The summed E-state index contributed by atoms with van der Waals surface area (Å²) in [6.45, 7) is 5.97. The number of carbonyl (C=O) groups is 1. The molecule has 0 unspecified atom stereocenters. The standard InChI is InChI=1S/C13H24N2O2/c1-10-7-15(8-11(2)17-10)12(16)13(9-14)5-3-4-6-13/h10-11H,3-9,14H2,1-2H3/t10-,11+. The second kappa shape index (κ2) is 4.94. The molecule has 1 aliphatic carbocycles. The summed E-state index contributed by atoms with van der Waals surface area (Å²) in [5.41, 5.74) is 5.60. The summed E-state index contributed by atoms with van der Waals surface area (Å²) in [5, 5.41) is 0. The first-order chi connectivity index (χ1) is 8.07. The van der Waals surface area contributed by atoms with Crippen LogP contribution in [-0.4, -0.2) is 42.6 Å². The van der Waals surface area contributed by atoms with E-state index in [2.05, 4.69) is 0 Å². The van der Waals surface area contributed by atoms with Gasteiger partial charge in [-0.3, -0.25) is 4.79 Å². The van der Waals surface area contributed by atoms with Gasteiger partial charge in [-0.1, -0.05) is 12.8 Å². The minimum Gasteiger partial charge on any atom is -0.372 e. The summed E-state index contributed by atoms with van der Waals surface area (Å²) < 4.78 is 5.67. The normalized spacial score (nSPS) is 32.8. The van der Waals surface area contributed by atoms with Crippen LogP contribution in [0.2, 0.25) is 0 Å². The largest absolute Gasteiger partial charge is 0.372 e. The van der Waals surface area contributed by atoms with Crippen molar-refractivity contribution in [3.63, 3.8) is 0 Å². The maximum Gasteiger partial charge on any atom is 0.230 e. The van der Waals surface area contributed by atoms with Crippen molar-refractivity contribution in [2.24, 2.45) is 11.1 Å². The van der Waals surface area contributed by atoms with Gasteiger partial charge >= 0.3 is 0 Å². The van der Waals surface area contributed by atoms with Crippen molar-refractivity contribution in [2.75, 3.05) is 19.6 Å². The molecule has 2 atom stereocenters. The minimum absolute atomic E-state index is 0.138. The summed E-state index contributed by atoms with van der Waals surface area (Å²) in [6, 6.07) is 0. The van der Waals surface area contributed by atoms with Crippen LogP contribution < -0.4 is 5.73 Å². The maximum atomic E-state index is 12.6. The van der Waals surface area contributed by atoms with Gasteiger partial charge in [-0.05, 0) is 26.7 Å². The van der Waals surface area contributed by atoms with Gasteiger partial charge in [0.1, 0.15) is 0 Å². The van der Waals surface area contributed by atoms with E-state index in [4.69, 9.17) is 10.5 Å². The molecule has 1 saturated heterocycles. The van der Waals surface area contributed by atoms with E-state index in [0.29, 0.717) is 19.6 Å². The van der Waals surface area contributed by atoms with Crippen LogP contribution in [0.1, 0.15) is 39.5 Å². The van der Waals surface area contributed by atoms with Crippen molar-refractivity contribution in [3.8, 4) is 0 Å². The Morgan fingerprint density at radius 2 is 1.82 bits per heavy atom. The van der Waals surface area contributed by atoms with Gasteiger partial charge in [-0.15, -0.1) is 0 Å². The molecule has 4 heteroatoms. The fraction of sp³-hybridized carbons (Fsp3) is 0.923. The lowest BCUT2D eigenvalue weighted by atomic mass is 9.84. The van der Waals surface area contributed by atoms with Crippen LogP contribution >= 0.6 is 0 Å². The summed E-state index contributed by atoms with van der Waals surface area (Å²) in [4.78, 5) is 14.6. The Kier molecular flexibility index (Phi) is 3.73. The Bertz CT molecular complexity index is 277. The first-order valence-corrected chi connectivity index (χ1v) is 6.72. The van der Waals surface area contributed by atoms with Gasteiger partial charge in [-0.2, -0.15) is 0 Å². The molecule has 0 aromatic carbocycles. The Hall–Kier alpha value is -0.610. The molecule has 17 heavy (non-hydrogen) atoms. The highest BCUT2D eigenvalue weighted by Gasteiger charge is 2.43. The molecule has 98 valence electrons. The van der Waals surface area contributed by atoms with Gasteiger partial charge in [-0.25, -0.2) is 0 Å². The van der Waals surface area contributed by atoms with Crippen LogP contribution in [-0.2, 0) is 9.53 Å². The third-order valence-corrected chi connectivity index (χ3v) is 4.11. The van der Waals surface area contributed by atoms with Crippen LogP contribution in [0.15, 0.2) is 0 Å². The van der Waals surface area contributed by atoms with E-state index in [1.807, 2.05) is 18.7 Å². The molecule has 1 amide bonds. The van der Waals surface area contributed by atoms with Crippen molar-refractivity contribution in [1.82, 2.24) is 4.90 Å². The van der Waals surface area contributed by atoms with E-state index in [1.165, 1.54) is 0 Å². The first kappa shape index (κ1) is 12.8. The summed E-state index contributed by atoms with van der Waals surface area (Å²) in [7, 11) is 0. The summed E-state index contributed by atoms with van der Waals surface area (Å²) in [6.07, 6.45) is 4.47. The Labute approximate surface area is 103 Å². The highest BCUT2D eigenvalue weighted by atomic mass is 16.5.